The highest BCUT2D eigenvalue weighted by Crippen LogP contribution is 2.13. The zero-order valence-electron chi connectivity index (χ0n) is 19.1. The summed E-state index contributed by atoms with van der Waals surface area (Å²) in [5.74, 6) is -0.221. The first-order valence-electron chi connectivity index (χ1n) is 11.2. The van der Waals surface area contributed by atoms with E-state index in [2.05, 4.69) is 21.3 Å². The maximum absolute atomic E-state index is 12.0. The second-order valence-corrected chi connectivity index (χ2v) is 8.69. The molecule has 8 N–H and O–H groups in total. The number of anilines is 4. The highest BCUT2D eigenvalue weighted by atomic mass is 32.1. The zero-order valence-corrected chi connectivity index (χ0v) is 20.7. The summed E-state index contributed by atoms with van der Waals surface area (Å²) in [6.45, 7) is 0. The lowest BCUT2D eigenvalue weighted by Gasteiger charge is -2.10. The summed E-state index contributed by atoms with van der Waals surface area (Å²) in [7, 11) is 0. The van der Waals surface area contributed by atoms with Crippen molar-refractivity contribution in [3.8, 4) is 0 Å². The lowest BCUT2D eigenvalue weighted by Crippen LogP contribution is -2.33. The second-order valence-electron chi connectivity index (χ2n) is 7.88. The van der Waals surface area contributed by atoms with Gasteiger partial charge in [-0.1, -0.05) is 37.8 Å². The minimum atomic E-state index is -0.110. The van der Waals surface area contributed by atoms with Gasteiger partial charge in [0.05, 0.1) is 0 Å². The molecule has 0 radical (unpaired) electrons. The van der Waals surface area contributed by atoms with Gasteiger partial charge in [-0.25, -0.2) is 0 Å². The summed E-state index contributed by atoms with van der Waals surface area (Å²) in [5.41, 5.74) is 14.2. The predicted molar refractivity (Wildman–Crippen MR) is 147 cm³/mol. The molecule has 0 aromatic heterocycles. The molecule has 2 amide bonds. The fourth-order valence-corrected chi connectivity index (χ4v) is 3.68. The minimum absolute atomic E-state index is 0.110. The Labute approximate surface area is 211 Å². The Kier molecular flexibility index (Phi) is 11.8. The monoisotopic (exact) mass is 500 g/mol. The molecule has 0 atom stereocenters. The van der Waals surface area contributed by atoms with Gasteiger partial charge in [-0.2, -0.15) is 0 Å². The van der Waals surface area contributed by atoms with Crippen LogP contribution in [0, 0.1) is 0 Å². The van der Waals surface area contributed by atoms with Crippen LogP contribution < -0.4 is 32.7 Å². The molecular weight excluding hydrogens is 468 g/mol. The van der Waals surface area contributed by atoms with Crippen molar-refractivity contribution in [2.75, 3.05) is 22.1 Å². The summed E-state index contributed by atoms with van der Waals surface area (Å²) in [6, 6.07) is 14.3. The number of carbonyl (C=O) groups is 2. The Balaban J connectivity index is 1.46. The SMILES string of the molecule is Nc1cccc(NC(=S)NC(=O)CCCCCCCCC(=O)NC(=S)Nc2cccc(N)c2)c1. The molecule has 10 heteroatoms. The van der Waals surface area contributed by atoms with Crippen LogP contribution in [0.3, 0.4) is 0 Å². The number of nitrogens with two attached hydrogens (primary N) is 2. The van der Waals surface area contributed by atoms with Gasteiger partial charge in [0, 0.05) is 35.6 Å². The molecule has 0 unspecified atom stereocenters. The van der Waals surface area contributed by atoms with Gasteiger partial charge in [0.15, 0.2) is 10.2 Å². The summed E-state index contributed by atoms with van der Waals surface area (Å²) in [6.07, 6.45) is 6.32. The third kappa shape index (κ3) is 11.6. The van der Waals surface area contributed by atoms with Gasteiger partial charge in [0.1, 0.15) is 0 Å². The molecule has 0 heterocycles. The Bertz CT molecular complexity index is 919. The standard InChI is InChI=1S/C24H32N6O2S2/c25-17-9-7-11-19(15-17)27-23(33)29-21(31)13-5-3-1-2-4-6-14-22(32)30-24(34)28-20-12-8-10-18(26)16-20/h7-12,15-16H,1-6,13-14,25-26H2,(H2,27,29,31,33)(H2,28,30,32,34). The average Bonchev–Trinajstić information content (AvgIpc) is 2.75. The molecule has 34 heavy (non-hydrogen) atoms. The van der Waals surface area contributed by atoms with E-state index >= 15 is 0 Å². The molecule has 0 bridgehead atoms. The van der Waals surface area contributed by atoms with Gasteiger partial charge >= 0.3 is 0 Å². The lowest BCUT2D eigenvalue weighted by molar-refractivity contribution is -0.120. The zero-order chi connectivity index (χ0) is 24.8. The molecule has 8 nitrogen and oxygen atoms in total. The molecule has 182 valence electrons. The minimum Gasteiger partial charge on any atom is -0.399 e. The summed E-state index contributed by atoms with van der Waals surface area (Å²) in [5, 5.41) is 11.8. The van der Waals surface area contributed by atoms with Crippen LogP contribution in [0.1, 0.15) is 51.4 Å². The van der Waals surface area contributed by atoms with E-state index < -0.39 is 0 Å². The molecule has 2 rings (SSSR count). The van der Waals surface area contributed by atoms with E-state index in [4.69, 9.17) is 35.9 Å². The number of carbonyl (C=O) groups excluding carboxylic acids is 2. The summed E-state index contributed by atoms with van der Waals surface area (Å²) >= 11 is 10.3. The third-order valence-corrected chi connectivity index (χ3v) is 5.26. The first kappa shape index (κ1) is 27.0. The number of hydrogen-bond donors (Lipinski definition) is 6. The van der Waals surface area contributed by atoms with Gasteiger partial charge in [0.25, 0.3) is 0 Å². The van der Waals surface area contributed by atoms with Crippen LogP contribution in [-0.2, 0) is 9.59 Å². The van der Waals surface area contributed by atoms with Crippen LogP contribution in [0.4, 0.5) is 22.7 Å². The smallest absolute Gasteiger partial charge is 0.226 e. The summed E-state index contributed by atoms with van der Waals surface area (Å²) < 4.78 is 0. The molecule has 0 aliphatic rings. The van der Waals surface area contributed by atoms with Crippen LogP contribution in [0.15, 0.2) is 48.5 Å². The van der Waals surface area contributed by atoms with Crippen molar-refractivity contribution in [2.24, 2.45) is 0 Å². The van der Waals surface area contributed by atoms with E-state index in [0.29, 0.717) is 24.2 Å². The van der Waals surface area contributed by atoms with Gasteiger partial charge in [-0.05, 0) is 73.7 Å². The largest absolute Gasteiger partial charge is 0.399 e. The van der Waals surface area contributed by atoms with Gasteiger partial charge in [-0.3, -0.25) is 9.59 Å². The van der Waals surface area contributed by atoms with Crippen molar-refractivity contribution in [1.82, 2.24) is 10.6 Å². The molecule has 2 aromatic rings. The number of nitrogen functional groups attached to an aromatic ring is 2. The average molecular weight is 501 g/mol. The van der Waals surface area contributed by atoms with Gasteiger partial charge in [-0.15, -0.1) is 0 Å². The number of amides is 2. The van der Waals surface area contributed by atoms with E-state index in [1.807, 2.05) is 24.3 Å². The molecule has 2 aromatic carbocycles. The maximum Gasteiger partial charge on any atom is 0.226 e. The maximum atomic E-state index is 12.0. The van der Waals surface area contributed by atoms with Crippen LogP contribution in [-0.4, -0.2) is 22.0 Å². The summed E-state index contributed by atoms with van der Waals surface area (Å²) in [4.78, 5) is 24.0. The Morgan fingerprint density at radius 1 is 0.647 bits per heavy atom. The van der Waals surface area contributed by atoms with E-state index in [0.717, 1.165) is 49.9 Å². The van der Waals surface area contributed by atoms with Gasteiger partial charge in [0.2, 0.25) is 11.8 Å². The molecule has 0 aliphatic carbocycles. The number of benzene rings is 2. The first-order valence-corrected chi connectivity index (χ1v) is 12.1. The molecule has 0 saturated carbocycles. The van der Waals surface area contributed by atoms with Crippen molar-refractivity contribution in [2.45, 2.75) is 51.4 Å². The molecular formula is C24H32N6O2S2. The lowest BCUT2D eigenvalue weighted by atomic mass is 10.1. The van der Waals surface area contributed by atoms with Crippen molar-refractivity contribution < 1.29 is 9.59 Å². The van der Waals surface area contributed by atoms with Crippen LogP contribution in [0.5, 0.6) is 0 Å². The molecule has 0 aliphatic heterocycles. The Morgan fingerprint density at radius 2 is 1.03 bits per heavy atom. The quantitative estimate of drug-likeness (QED) is 0.153. The number of unbranched alkanes of at least 4 members (excludes halogenated alkanes) is 5. The van der Waals surface area contributed by atoms with Crippen molar-refractivity contribution in [1.29, 1.82) is 0 Å². The molecule has 0 saturated heterocycles. The van der Waals surface area contributed by atoms with E-state index in [1.165, 1.54) is 0 Å². The van der Waals surface area contributed by atoms with Crippen LogP contribution in [0.25, 0.3) is 0 Å². The number of thiocarbonyl (C=S) groups is 2. The van der Waals surface area contributed by atoms with Gasteiger partial charge < -0.3 is 32.7 Å². The highest BCUT2D eigenvalue weighted by molar-refractivity contribution is 7.80. The third-order valence-electron chi connectivity index (χ3n) is 4.85. The molecule has 0 fully saturated rings. The number of nitrogens with one attached hydrogen (secondary N) is 4. The van der Waals surface area contributed by atoms with Crippen LogP contribution in [0.2, 0.25) is 0 Å². The van der Waals surface area contributed by atoms with E-state index in [1.54, 1.807) is 24.3 Å². The molecule has 0 spiro atoms. The predicted octanol–water partition coefficient (Wildman–Crippen LogP) is 4.30. The fourth-order valence-electron chi connectivity index (χ4n) is 3.21. The van der Waals surface area contributed by atoms with Crippen molar-refractivity contribution in [3.63, 3.8) is 0 Å². The van der Waals surface area contributed by atoms with Crippen molar-refractivity contribution in [3.05, 3.63) is 48.5 Å². The normalized spacial score (nSPS) is 10.2. The number of hydrogen-bond acceptors (Lipinski definition) is 6. The topological polar surface area (TPSA) is 134 Å². The van der Waals surface area contributed by atoms with Crippen molar-refractivity contribution >= 4 is 69.2 Å². The highest BCUT2D eigenvalue weighted by Gasteiger charge is 2.07. The second kappa shape index (κ2) is 14.8. The fraction of sp³-hybridized carbons (Fsp3) is 0.333. The van der Waals surface area contributed by atoms with Crippen LogP contribution >= 0.6 is 24.4 Å². The Hall–Kier alpha value is -3.24. The Morgan fingerprint density at radius 3 is 1.41 bits per heavy atom. The first-order chi connectivity index (χ1) is 16.3. The number of rotatable bonds is 11. The van der Waals surface area contributed by atoms with E-state index in [9.17, 15) is 9.59 Å². The van der Waals surface area contributed by atoms with E-state index in [-0.39, 0.29) is 22.0 Å².